The third-order valence-corrected chi connectivity index (χ3v) is 5.33. The fraction of sp³-hybridized carbons (Fsp3) is 0.238. The van der Waals surface area contributed by atoms with Crippen LogP contribution in [0.2, 0.25) is 5.02 Å². The lowest BCUT2D eigenvalue weighted by atomic mass is 10.2. The molecule has 0 radical (unpaired) electrons. The first-order chi connectivity index (χ1) is 13.5. The molecule has 146 valence electrons. The lowest BCUT2D eigenvalue weighted by Gasteiger charge is -2.19. The molecule has 3 rings (SSSR count). The minimum atomic E-state index is -0.0495. The molecule has 0 aliphatic rings. The van der Waals surface area contributed by atoms with Crippen molar-refractivity contribution in [2.24, 2.45) is 0 Å². The second-order valence-corrected chi connectivity index (χ2v) is 7.71. The Hall–Kier alpha value is -2.44. The zero-order valence-corrected chi connectivity index (χ0v) is 17.3. The smallest absolute Gasteiger partial charge is 0.254 e. The minimum Gasteiger partial charge on any atom is -0.492 e. The van der Waals surface area contributed by atoms with Crippen LogP contribution in [0.1, 0.15) is 21.8 Å². The third kappa shape index (κ3) is 5.53. The van der Waals surface area contributed by atoms with Crippen molar-refractivity contribution in [3.63, 3.8) is 0 Å². The maximum absolute atomic E-state index is 12.9. The number of aryl methyl sites for hydroxylation is 1. The van der Waals surface area contributed by atoms with Crippen LogP contribution in [0.15, 0.2) is 64.0 Å². The molecule has 28 heavy (non-hydrogen) atoms. The Bertz CT molecular complexity index is 945. The van der Waals surface area contributed by atoms with Gasteiger partial charge in [0.15, 0.2) is 0 Å². The molecule has 0 aliphatic heterocycles. The largest absolute Gasteiger partial charge is 0.492 e. The van der Waals surface area contributed by atoms with Crippen LogP contribution in [-0.2, 0) is 5.75 Å². The number of benzene rings is 2. The molecule has 1 aromatic heterocycles. The Balaban J connectivity index is 1.58. The molecule has 3 aromatic rings. The van der Waals surface area contributed by atoms with E-state index >= 15 is 0 Å². The molecule has 0 bridgehead atoms. The molecule has 0 spiro atoms. The molecule has 0 aliphatic carbocycles. The normalized spacial score (nSPS) is 10.7. The number of rotatable bonds is 8. The highest BCUT2D eigenvalue weighted by molar-refractivity contribution is 7.98. The van der Waals surface area contributed by atoms with E-state index in [0.29, 0.717) is 35.2 Å². The number of carbonyl (C=O) groups excluding carboxylic acids is 1. The summed E-state index contributed by atoms with van der Waals surface area (Å²) >= 11 is 7.51. The highest BCUT2D eigenvalue weighted by Crippen LogP contribution is 2.27. The summed E-state index contributed by atoms with van der Waals surface area (Å²) in [6, 6.07) is 16.7. The van der Waals surface area contributed by atoms with Crippen LogP contribution in [0.4, 0.5) is 0 Å². The molecule has 5 nitrogen and oxygen atoms in total. The predicted molar refractivity (Wildman–Crippen MR) is 111 cm³/mol. The second kappa shape index (κ2) is 9.66. The Kier molecular flexibility index (Phi) is 7.01. The van der Waals surface area contributed by atoms with Gasteiger partial charge in [0.05, 0.1) is 23.6 Å². The van der Waals surface area contributed by atoms with Crippen LogP contribution in [0.25, 0.3) is 0 Å². The molecule has 7 heteroatoms. The van der Waals surface area contributed by atoms with Crippen LogP contribution in [0.3, 0.4) is 0 Å². The fourth-order valence-corrected chi connectivity index (χ4v) is 3.67. The molecular formula is C21H21ClN2O3S. The van der Waals surface area contributed by atoms with Crippen molar-refractivity contribution in [1.82, 2.24) is 10.1 Å². The van der Waals surface area contributed by atoms with Gasteiger partial charge in [0.25, 0.3) is 5.91 Å². The quantitative estimate of drug-likeness (QED) is 0.479. The Labute approximate surface area is 173 Å². The van der Waals surface area contributed by atoms with Gasteiger partial charge in [-0.2, -0.15) is 0 Å². The average Bonchev–Trinajstić information content (AvgIpc) is 3.11. The van der Waals surface area contributed by atoms with E-state index in [1.165, 1.54) is 0 Å². The third-order valence-electron chi connectivity index (χ3n) is 4.00. The second-order valence-electron chi connectivity index (χ2n) is 6.25. The van der Waals surface area contributed by atoms with Crippen molar-refractivity contribution < 1.29 is 14.1 Å². The van der Waals surface area contributed by atoms with E-state index in [1.54, 1.807) is 35.8 Å². The van der Waals surface area contributed by atoms with E-state index in [0.717, 1.165) is 16.3 Å². The van der Waals surface area contributed by atoms with Gasteiger partial charge < -0.3 is 14.2 Å². The monoisotopic (exact) mass is 416 g/mol. The average molecular weight is 417 g/mol. The van der Waals surface area contributed by atoms with Gasteiger partial charge in [0.1, 0.15) is 18.1 Å². The molecule has 0 saturated carbocycles. The number of carbonyl (C=O) groups is 1. The van der Waals surface area contributed by atoms with Crippen LogP contribution in [0.5, 0.6) is 5.75 Å². The molecule has 1 heterocycles. The standard InChI is InChI=1S/C21H21ClN2O3S/c1-15-12-18(27-23-15)14-28-20-9-4-3-8-19(20)21(25)24(2)10-11-26-17-7-5-6-16(22)13-17/h3-9,12-13H,10-11,14H2,1-2H3. The van der Waals surface area contributed by atoms with Gasteiger partial charge in [-0.05, 0) is 37.3 Å². The van der Waals surface area contributed by atoms with E-state index < -0.39 is 0 Å². The number of hydrogen-bond donors (Lipinski definition) is 0. The lowest BCUT2D eigenvalue weighted by molar-refractivity contribution is 0.0770. The number of nitrogens with zero attached hydrogens (tertiary/aromatic N) is 2. The first kappa shape index (κ1) is 20.3. The minimum absolute atomic E-state index is 0.0495. The zero-order chi connectivity index (χ0) is 19.9. The van der Waals surface area contributed by atoms with E-state index in [-0.39, 0.29) is 5.91 Å². The molecule has 0 atom stereocenters. The van der Waals surface area contributed by atoms with Crippen molar-refractivity contribution in [3.8, 4) is 5.75 Å². The summed E-state index contributed by atoms with van der Waals surface area (Å²) in [7, 11) is 1.77. The Morgan fingerprint density at radius 2 is 2.04 bits per heavy atom. The van der Waals surface area contributed by atoms with Gasteiger partial charge in [0, 0.05) is 23.0 Å². The zero-order valence-electron chi connectivity index (χ0n) is 15.7. The SMILES string of the molecule is Cc1cc(CSc2ccccc2C(=O)N(C)CCOc2cccc(Cl)c2)on1. The van der Waals surface area contributed by atoms with Gasteiger partial charge in [-0.1, -0.05) is 35.0 Å². The first-order valence-electron chi connectivity index (χ1n) is 8.81. The summed E-state index contributed by atoms with van der Waals surface area (Å²) in [6.45, 7) is 2.73. The van der Waals surface area contributed by atoms with Crippen molar-refractivity contribution >= 4 is 29.3 Å². The van der Waals surface area contributed by atoms with Gasteiger partial charge in [-0.15, -0.1) is 11.8 Å². The Morgan fingerprint density at radius 1 is 1.21 bits per heavy atom. The van der Waals surface area contributed by atoms with Crippen molar-refractivity contribution in [1.29, 1.82) is 0 Å². The van der Waals surface area contributed by atoms with E-state index in [4.69, 9.17) is 20.9 Å². The topological polar surface area (TPSA) is 55.6 Å². The van der Waals surface area contributed by atoms with E-state index in [2.05, 4.69) is 5.16 Å². The fourth-order valence-electron chi connectivity index (χ4n) is 2.57. The van der Waals surface area contributed by atoms with Crippen LogP contribution < -0.4 is 4.74 Å². The van der Waals surface area contributed by atoms with Crippen LogP contribution in [0, 0.1) is 6.92 Å². The van der Waals surface area contributed by atoms with E-state index in [1.807, 2.05) is 49.4 Å². The maximum Gasteiger partial charge on any atom is 0.254 e. The number of aromatic nitrogens is 1. The summed E-state index contributed by atoms with van der Waals surface area (Å²) in [5.41, 5.74) is 1.51. The molecule has 0 N–H and O–H groups in total. The molecular weight excluding hydrogens is 396 g/mol. The number of ether oxygens (including phenoxy) is 1. The van der Waals surface area contributed by atoms with Crippen LogP contribution >= 0.6 is 23.4 Å². The summed E-state index contributed by atoms with van der Waals surface area (Å²) < 4.78 is 10.9. The molecule has 0 unspecified atom stereocenters. The highest BCUT2D eigenvalue weighted by Gasteiger charge is 2.16. The van der Waals surface area contributed by atoms with Gasteiger partial charge >= 0.3 is 0 Å². The van der Waals surface area contributed by atoms with E-state index in [9.17, 15) is 4.79 Å². The first-order valence-corrected chi connectivity index (χ1v) is 10.2. The molecule has 2 aromatic carbocycles. The van der Waals surface area contributed by atoms with Crippen molar-refractivity contribution in [2.45, 2.75) is 17.6 Å². The number of halogens is 1. The van der Waals surface area contributed by atoms with Crippen molar-refractivity contribution in [2.75, 3.05) is 20.2 Å². The van der Waals surface area contributed by atoms with Gasteiger partial charge in [-0.3, -0.25) is 4.79 Å². The number of amides is 1. The number of likely N-dealkylation sites (N-methyl/N-ethyl adjacent to an activating group) is 1. The summed E-state index contributed by atoms with van der Waals surface area (Å²) in [6.07, 6.45) is 0. The Morgan fingerprint density at radius 3 is 2.79 bits per heavy atom. The molecule has 1 amide bonds. The molecule has 0 fully saturated rings. The van der Waals surface area contributed by atoms with Gasteiger partial charge in [-0.25, -0.2) is 0 Å². The summed E-state index contributed by atoms with van der Waals surface area (Å²) in [4.78, 5) is 15.4. The number of hydrogen-bond acceptors (Lipinski definition) is 5. The maximum atomic E-state index is 12.9. The summed E-state index contributed by atoms with van der Waals surface area (Å²) in [5, 5.41) is 4.51. The molecule has 0 saturated heterocycles. The van der Waals surface area contributed by atoms with Crippen molar-refractivity contribution in [3.05, 3.63) is 76.6 Å². The predicted octanol–water partition coefficient (Wildman–Crippen LogP) is 5.08. The lowest BCUT2D eigenvalue weighted by Crippen LogP contribution is -2.31. The van der Waals surface area contributed by atoms with Crippen LogP contribution in [-0.4, -0.2) is 36.2 Å². The van der Waals surface area contributed by atoms with Gasteiger partial charge in [0.2, 0.25) is 0 Å². The highest BCUT2D eigenvalue weighted by atomic mass is 35.5. The summed E-state index contributed by atoms with van der Waals surface area (Å²) in [5.74, 6) is 2.04. The number of thioether (sulfide) groups is 1.